The van der Waals surface area contributed by atoms with Gasteiger partial charge >= 0.3 is 0 Å². The predicted octanol–water partition coefficient (Wildman–Crippen LogP) is 2.22. The third kappa shape index (κ3) is 2.54. The zero-order valence-corrected chi connectivity index (χ0v) is 14.2. The molecule has 2 spiro atoms. The Kier molecular flexibility index (Phi) is 3.92. The van der Waals surface area contributed by atoms with E-state index in [1.165, 1.54) is 12.8 Å². The Balaban J connectivity index is 1.30. The van der Waals surface area contributed by atoms with E-state index in [1.807, 2.05) is 0 Å². The van der Waals surface area contributed by atoms with Gasteiger partial charge in [0.05, 0.1) is 6.61 Å². The summed E-state index contributed by atoms with van der Waals surface area (Å²) in [5.41, 5.74) is 0. The van der Waals surface area contributed by atoms with Gasteiger partial charge in [-0.15, -0.1) is 0 Å². The van der Waals surface area contributed by atoms with Crippen molar-refractivity contribution in [1.29, 1.82) is 0 Å². The summed E-state index contributed by atoms with van der Waals surface area (Å²) in [5, 5.41) is 10.3. The van der Waals surface area contributed by atoms with E-state index in [-0.39, 0.29) is 18.3 Å². The van der Waals surface area contributed by atoms with Gasteiger partial charge in [-0.3, -0.25) is 0 Å². The van der Waals surface area contributed by atoms with E-state index in [0.29, 0.717) is 6.61 Å². The Labute approximate surface area is 142 Å². The van der Waals surface area contributed by atoms with Crippen LogP contribution in [0.4, 0.5) is 0 Å². The zero-order valence-electron chi connectivity index (χ0n) is 14.2. The fourth-order valence-electron chi connectivity index (χ4n) is 5.17. The van der Waals surface area contributed by atoms with Crippen LogP contribution >= 0.6 is 0 Å². The summed E-state index contributed by atoms with van der Waals surface area (Å²) >= 11 is 0. The Bertz CT molecular complexity index is 470. The minimum atomic E-state index is -0.937. The fourth-order valence-corrected chi connectivity index (χ4v) is 5.17. The van der Waals surface area contributed by atoms with Gasteiger partial charge in [0.2, 0.25) is 0 Å². The number of hydrogen-bond donors (Lipinski definition) is 1. The van der Waals surface area contributed by atoms with Crippen LogP contribution in [0, 0.1) is 0 Å². The smallest absolute Gasteiger partial charge is 0.184 e. The minimum absolute atomic E-state index is 0.185. The standard InChI is InChI=1S/C18H28O6/c19-16-15-14(23-18(24-15)9-5-2-6-10-18)13(21-16)12-11-20-17(22-12)7-3-1-4-8-17/h12-16,19H,1-11H2/t12-,13+,14-,15+,16-/m1/s1. The Morgan fingerprint density at radius 3 is 2.00 bits per heavy atom. The molecule has 6 heteroatoms. The molecule has 0 unspecified atom stereocenters. The van der Waals surface area contributed by atoms with Gasteiger partial charge in [0.25, 0.3) is 0 Å². The first-order valence-electron chi connectivity index (χ1n) is 9.70. The average molecular weight is 340 g/mol. The van der Waals surface area contributed by atoms with E-state index in [1.54, 1.807) is 0 Å². The van der Waals surface area contributed by atoms with Gasteiger partial charge in [0.15, 0.2) is 17.9 Å². The second-order valence-corrected chi connectivity index (χ2v) is 8.07. The maximum Gasteiger partial charge on any atom is 0.184 e. The fraction of sp³-hybridized carbons (Fsp3) is 1.00. The Morgan fingerprint density at radius 2 is 1.29 bits per heavy atom. The maximum absolute atomic E-state index is 10.3. The van der Waals surface area contributed by atoms with E-state index in [2.05, 4.69) is 0 Å². The molecule has 2 saturated carbocycles. The van der Waals surface area contributed by atoms with Gasteiger partial charge in [-0.05, 0) is 25.7 Å². The number of aliphatic hydroxyl groups is 1. The van der Waals surface area contributed by atoms with Crippen LogP contribution in [-0.2, 0) is 23.7 Å². The molecule has 0 bridgehead atoms. The predicted molar refractivity (Wildman–Crippen MR) is 83.1 cm³/mol. The van der Waals surface area contributed by atoms with E-state index >= 15 is 0 Å². The van der Waals surface area contributed by atoms with Crippen LogP contribution in [0.15, 0.2) is 0 Å². The first-order valence-corrected chi connectivity index (χ1v) is 9.70. The van der Waals surface area contributed by atoms with Crippen LogP contribution in [0.25, 0.3) is 0 Å². The van der Waals surface area contributed by atoms with Crippen molar-refractivity contribution < 1.29 is 28.8 Å². The highest BCUT2D eigenvalue weighted by Gasteiger charge is 2.61. The van der Waals surface area contributed by atoms with E-state index in [9.17, 15) is 5.11 Å². The number of aliphatic hydroxyl groups excluding tert-OH is 1. The highest BCUT2D eigenvalue weighted by atomic mass is 16.8. The second kappa shape index (κ2) is 5.89. The zero-order chi connectivity index (χ0) is 16.2. The van der Waals surface area contributed by atoms with Gasteiger partial charge in [0.1, 0.15) is 24.4 Å². The molecule has 24 heavy (non-hydrogen) atoms. The normalized spacial score (nSPS) is 46.6. The van der Waals surface area contributed by atoms with Crippen LogP contribution in [0.2, 0.25) is 0 Å². The third-order valence-corrected chi connectivity index (χ3v) is 6.40. The molecule has 2 aliphatic carbocycles. The van der Waals surface area contributed by atoms with E-state index in [4.69, 9.17) is 23.7 Å². The van der Waals surface area contributed by atoms with Crippen molar-refractivity contribution in [3.05, 3.63) is 0 Å². The molecule has 136 valence electrons. The average Bonchev–Trinajstić information content (AvgIpc) is 3.24. The molecule has 1 N–H and O–H groups in total. The van der Waals surface area contributed by atoms with Crippen LogP contribution < -0.4 is 0 Å². The molecular formula is C18H28O6. The summed E-state index contributed by atoms with van der Waals surface area (Å²) in [7, 11) is 0. The van der Waals surface area contributed by atoms with E-state index < -0.39 is 24.0 Å². The molecule has 3 heterocycles. The number of ether oxygens (including phenoxy) is 5. The van der Waals surface area contributed by atoms with Crippen molar-refractivity contribution in [2.45, 2.75) is 106 Å². The summed E-state index contributed by atoms with van der Waals surface area (Å²) in [4.78, 5) is 0. The summed E-state index contributed by atoms with van der Waals surface area (Å²) in [5.74, 6) is -0.949. The largest absolute Gasteiger partial charge is 0.366 e. The molecule has 6 nitrogen and oxygen atoms in total. The first kappa shape index (κ1) is 16.0. The maximum atomic E-state index is 10.3. The summed E-state index contributed by atoms with van der Waals surface area (Å²) in [6.45, 7) is 0.511. The lowest BCUT2D eigenvalue weighted by Crippen LogP contribution is -2.43. The molecule has 5 atom stereocenters. The molecule has 5 aliphatic rings. The monoisotopic (exact) mass is 340 g/mol. The van der Waals surface area contributed by atoms with Crippen molar-refractivity contribution in [1.82, 2.24) is 0 Å². The third-order valence-electron chi connectivity index (χ3n) is 6.40. The van der Waals surface area contributed by atoms with Crippen molar-refractivity contribution in [2.75, 3.05) is 6.61 Å². The van der Waals surface area contributed by atoms with Crippen molar-refractivity contribution in [2.24, 2.45) is 0 Å². The van der Waals surface area contributed by atoms with Crippen molar-refractivity contribution in [3.63, 3.8) is 0 Å². The highest BCUT2D eigenvalue weighted by Crippen LogP contribution is 2.48. The van der Waals surface area contributed by atoms with Gasteiger partial charge in [-0.2, -0.15) is 0 Å². The molecule has 3 saturated heterocycles. The Hall–Kier alpha value is -0.240. The lowest BCUT2D eigenvalue weighted by Gasteiger charge is -2.35. The topological polar surface area (TPSA) is 66.4 Å². The molecule has 0 aromatic carbocycles. The Morgan fingerprint density at radius 1 is 0.667 bits per heavy atom. The number of rotatable bonds is 1. The van der Waals surface area contributed by atoms with E-state index in [0.717, 1.165) is 51.4 Å². The molecular weight excluding hydrogens is 312 g/mol. The van der Waals surface area contributed by atoms with Gasteiger partial charge < -0.3 is 28.8 Å². The van der Waals surface area contributed by atoms with Crippen molar-refractivity contribution in [3.8, 4) is 0 Å². The number of hydrogen-bond acceptors (Lipinski definition) is 6. The molecule has 5 rings (SSSR count). The number of fused-ring (bicyclic) bond motifs is 1. The summed E-state index contributed by atoms with van der Waals surface area (Å²) in [6, 6.07) is 0. The lowest BCUT2D eigenvalue weighted by molar-refractivity contribution is -0.260. The highest BCUT2D eigenvalue weighted by molar-refractivity contribution is 5.01. The summed E-state index contributed by atoms with van der Waals surface area (Å²) < 4.78 is 30.6. The van der Waals surface area contributed by atoms with Crippen LogP contribution in [-0.4, -0.2) is 54.0 Å². The van der Waals surface area contributed by atoms with Crippen LogP contribution in [0.1, 0.15) is 64.2 Å². The summed E-state index contributed by atoms with van der Waals surface area (Å²) in [6.07, 6.45) is 8.64. The molecule has 0 aromatic rings. The molecule has 0 amide bonds. The van der Waals surface area contributed by atoms with Crippen LogP contribution in [0.5, 0.6) is 0 Å². The molecule has 0 aromatic heterocycles. The minimum Gasteiger partial charge on any atom is -0.366 e. The lowest BCUT2D eigenvalue weighted by atomic mass is 9.94. The molecule has 5 fully saturated rings. The second-order valence-electron chi connectivity index (χ2n) is 8.07. The first-order chi connectivity index (χ1) is 11.7. The van der Waals surface area contributed by atoms with Gasteiger partial charge in [-0.1, -0.05) is 12.8 Å². The molecule has 0 radical (unpaired) electrons. The van der Waals surface area contributed by atoms with Gasteiger partial charge in [-0.25, -0.2) is 0 Å². The molecule has 3 aliphatic heterocycles. The SMILES string of the molecule is O[C@@H]1O[C@@H]([C@H]2COC3(CCCCC3)O2)[C@H]2OC3(CCCCC3)O[C@@H]21. The quantitative estimate of drug-likeness (QED) is 0.789. The van der Waals surface area contributed by atoms with Crippen molar-refractivity contribution >= 4 is 0 Å². The van der Waals surface area contributed by atoms with Gasteiger partial charge in [0, 0.05) is 25.7 Å². The van der Waals surface area contributed by atoms with Crippen LogP contribution in [0.3, 0.4) is 0 Å².